The molecule has 0 aliphatic carbocycles. The first kappa shape index (κ1) is 15.2. The predicted octanol–water partition coefficient (Wildman–Crippen LogP) is 0.983. The molecule has 7 nitrogen and oxygen atoms in total. The first-order valence-corrected chi connectivity index (χ1v) is 7.59. The average molecular weight is 309 g/mol. The molecule has 0 unspecified atom stereocenters. The molecule has 0 radical (unpaired) electrons. The molecule has 1 heterocycles. The second-order valence-electron chi connectivity index (χ2n) is 4.33. The summed E-state index contributed by atoms with van der Waals surface area (Å²) in [6, 6.07) is 4.38. The maximum atomic E-state index is 12.3. The number of carbonyl (C=O) groups is 1. The van der Waals surface area contributed by atoms with E-state index in [1.807, 2.05) is 0 Å². The van der Waals surface area contributed by atoms with Crippen molar-refractivity contribution in [2.24, 2.45) is 0 Å². The smallest absolute Gasteiger partial charge is 0.337 e. The van der Waals surface area contributed by atoms with E-state index in [0.29, 0.717) is 11.4 Å². The number of hydrogen-bond acceptors (Lipinski definition) is 5. The molecule has 1 aromatic heterocycles. The number of aromatic nitrogens is 2. The number of benzene rings is 1. The van der Waals surface area contributed by atoms with Gasteiger partial charge in [-0.2, -0.15) is 0 Å². The molecule has 0 saturated heterocycles. The molecule has 0 atom stereocenters. The Balaban J connectivity index is 2.28. The van der Waals surface area contributed by atoms with E-state index in [4.69, 9.17) is 0 Å². The standard InChI is InChI=1S/C13H15N3O4S/c1-9-3-4-10(13(17)20-2)7-11(9)21(18,19)16-8-12-14-5-6-15-12/h3-7,16H,8H2,1-2H3,(H,14,15). The fourth-order valence-corrected chi connectivity index (χ4v) is 3.03. The molecule has 0 aliphatic heterocycles. The fourth-order valence-electron chi connectivity index (χ4n) is 1.77. The van der Waals surface area contributed by atoms with Crippen LogP contribution in [-0.2, 0) is 21.3 Å². The van der Waals surface area contributed by atoms with E-state index in [1.165, 1.54) is 25.4 Å². The minimum absolute atomic E-state index is 0.0388. The Bertz CT molecular complexity index is 739. The van der Waals surface area contributed by atoms with E-state index in [-0.39, 0.29) is 17.0 Å². The Morgan fingerprint density at radius 2 is 2.19 bits per heavy atom. The van der Waals surface area contributed by atoms with Crippen molar-refractivity contribution < 1.29 is 17.9 Å². The molecule has 112 valence electrons. The lowest BCUT2D eigenvalue weighted by atomic mass is 10.1. The van der Waals surface area contributed by atoms with Crippen LogP contribution in [0.1, 0.15) is 21.7 Å². The highest BCUT2D eigenvalue weighted by atomic mass is 32.2. The number of ether oxygens (including phenoxy) is 1. The Morgan fingerprint density at radius 3 is 2.81 bits per heavy atom. The van der Waals surface area contributed by atoms with E-state index in [1.54, 1.807) is 19.2 Å². The molecule has 0 spiro atoms. The van der Waals surface area contributed by atoms with Gasteiger partial charge in [0.1, 0.15) is 5.82 Å². The van der Waals surface area contributed by atoms with E-state index in [9.17, 15) is 13.2 Å². The quantitative estimate of drug-likeness (QED) is 0.802. The van der Waals surface area contributed by atoms with Gasteiger partial charge < -0.3 is 9.72 Å². The number of carbonyl (C=O) groups excluding carboxylic acids is 1. The average Bonchev–Trinajstić information content (AvgIpc) is 2.98. The van der Waals surface area contributed by atoms with Gasteiger partial charge >= 0.3 is 5.97 Å². The highest BCUT2D eigenvalue weighted by Crippen LogP contribution is 2.17. The molecule has 8 heteroatoms. The molecule has 0 fully saturated rings. The first-order valence-electron chi connectivity index (χ1n) is 6.11. The van der Waals surface area contributed by atoms with E-state index in [2.05, 4.69) is 19.4 Å². The third-order valence-corrected chi connectivity index (χ3v) is 4.43. The van der Waals surface area contributed by atoms with E-state index < -0.39 is 16.0 Å². The van der Waals surface area contributed by atoms with Crippen molar-refractivity contribution in [1.29, 1.82) is 0 Å². The van der Waals surface area contributed by atoms with Crippen molar-refractivity contribution in [3.63, 3.8) is 0 Å². The molecule has 0 aliphatic rings. The Hall–Kier alpha value is -2.19. The number of H-pyrrole nitrogens is 1. The maximum absolute atomic E-state index is 12.3. The molecule has 2 aromatic rings. The van der Waals surface area contributed by atoms with Crippen molar-refractivity contribution in [1.82, 2.24) is 14.7 Å². The zero-order valence-electron chi connectivity index (χ0n) is 11.6. The van der Waals surface area contributed by atoms with Gasteiger partial charge in [0.25, 0.3) is 0 Å². The van der Waals surface area contributed by atoms with Crippen LogP contribution in [0.25, 0.3) is 0 Å². The molecule has 0 amide bonds. The maximum Gasteiger partial charge on any atom is 0.337 e. The molecule has 0 bridgehead atoms. The van der Waals surface area contributed by atoms with E-state index in [0.717, 1.165) is 0 Å². The third-order valence-electron chi connectivity index (χ3n) is 2.88. The lowest BCUT2D eigenvalue weighted by Gasteiger charge is -2.10. The van der Waals surface area contributed by atoms with Gasteiger partial charge in [-0.15, -0.1) is 0 Å². The van der Waals surface area contributed by atoms with Gasteiger partial charge in [-0.1, -0.05) is 6.07 Å². The van der Waals surface area contributed by atoms with Crippen molar-refractivity contribution in [3.8, 4) is 0 Å². The van der Waals surface area contributed by atoms with Gasteiger partial charge in [0.2, 0.25) is 10.0 Å². The van der Waals surface area contributed by atoms with Gasteiger partial charge in [0.15, 0.2) is 0 Å². The van der Waals surface area contributed by atoms with Crippen LogP contribution >= 0.6 is 0 Å². The third kappa shape index (κ3) is 3.47. The molecular weight excluding hydrogens is 294 g/mol. The Kier molecular flexibility index (Phi) is 4.39. The van der Waals surface area contributed by atoms with Gasteiger partial charge in [-0.25, -0.2) is 22.9 Å². The summed E-state index contributed by atoms with van der Waals surface area (Å²) < 4.78 is 31.6. The number of rotatable bonds is 5. The highest BCUT2D eigenvalue weighted by Gasteiger charge is 2.19. The number of aromatic amines is 1. The van der Waals surface area contributed by atoms with Gasteiger partial charge in [0.05, 0.1) is 24.1 Å². The van der Waals surface area contributed by atoms with Crippen LogP contribution in [0.3, 0.4) is 0 Å². The number of aryl methyl sites for hydroxylation is 1. The minimum Gasteiger partial charge on any atom is -0.465 e. The second kappa shape index (κ2) is 6.06. The minimum atomic E-state index is -3.75. The van der Waals surface area contributed by atoms with Crippen LogP contribution in [0, 0.1) is 6.92 Å². The van der Waals surface area contributed by atoms with Crippen molar-refractivity contribution in [2.45, 2.75) is 18.4 Å². The second-order valence-corrected chi connectivity index (χ2v) is 6.07. The number of imidazole rings is 1. The SMILES string of the molecule is COC(=O)c1ccc(C)c(S(=O)(=O)NCc2ncc[nH]2)c1. The number of esters is 1. The van der Waals surface area contributed by atoms with Gasteiger partial charge in [0, 0.05) is 12.4 Å². The van der Waals surface area contributed by atoms with Crippen LogP contribution in [0.2, 0.25) is 0 Å². The number of sulfonamides is 1. The van der Waals surface area contributed by atoms with Crippen LogP contribution in [-0.4, -0.2) is 31.5 Å². The number of nitrogens with one attached hydrogen (secondary N) is 2. The van der Waals surface area contributed by atoms with Crippen molar-refractivity contribution in [2.75, 3.05) is 7.11 Å². The first-order chi connectivity index (χ1) is 9.94. The van der Waals surface area contributed by atoms with Crippen LogP contribution in [0.5, 0.6) is 0 Å². The molecular formula is C13H15N3O4S. The number of nitrogens with zero attached hydrogens (tertiary/aromatic N) is 1. The molecule has 21 heavy (non-hydrogen) atoms. The summed E-state index contributed by atoms with van der Waals surface area (Å²) >= 11 is 0. The monoisotopic (exact) mass is 309 g/mol. The zero-order chi connectivity index (χ0) is 15.5. The number of methoxy groups -OCH3 is 1. The lowest BCUT2D eigenvalue weighted by Crippen LogP contribution is -2.25. The van der Waals surface area contributed by atoms with Crippen molar-refractivity contribution in [3.05, 3.63) is 47.5 Å². The molecule has 2 rings (SSSR count). The summed E-state index contributed by atoms with van der Waals surface area (Å²) in [6.07, 6.45) is 3.14. The normalized spacial score (nSPS) is 11.3. The summed E-state index contributed by atoms with van der Waals surface area (Å²) in [7, 11) is -2.51. The number of hydrogen-bond donors (Lipinski definition) is 2. The molecule has 0 saturated carbocycles. The summed E-state index contributed by atoms with van der Waals surface area (Å²) in [5, 5.41) is 0. The highest BCUT2D eigenvalue weighted by molar-refractivity contribution is 7.89. The summed E-state index contributed by atoms with van der Waals surface area (Å²) in [5.74, 6) is -0.0853. The lowest BCUT2D eigenvalue weighted by molar-refractivity contribution is 0.0600. The predicted molar refractivity (Wildman–Crippen MR) is 75.1 cm³/mol. The largest absolute Gasteiger partial charge is 0.465 e. The van der Waals surface area contributed by atoms with Gasteiger partial charge in [-0.3, -0.25) is 0 Å². The van der Waals surface area contributed by atoms with Crippen LogP contribution < -0.4 is 4.72 Å². The fraction of sp³-hybridized carbons (Fsp3) is 0.231. The van der Waals surface area contributed by atoms with Crippen LogP contribution in [0.4, 0.5) is 0 Å². The topological polar surface area (TPSA) is 101 Å². The van der Waals surface area contributed by atoms with Crippen LogP contribution in [0.15, 0.2) is 35.5 Å². The Labute approximate surface area is 122 Å². The van der Waals surface area contributed by atoms with Gasteiger partial charge in [-0.05, 0) is 24.6 Å². The molecule has 1 aromatic carbocycles. The zero-order valence-corrected chi connectivity index (χ0v) is 12.4. The summed E-state index contributed by atoms with van der Waals surface area (Å²) in [4.78, 5) is 18.3. The van der Waals surface area contributed by atoms with E-state index >= 15 is 0 Å². The summed E-state index contributed by atoms with van der Waals surface area (Å²) in [6.45, 7) is 1.69. The van der Waals surface area contributed by atoms with Crippen molar-refractivity contribution >= 4 is 16.0 Å². The summed E-state index contributed by atoms with van der Waals surface area (Å²) in [5.41, 5.74) is 0.719. The Morgan fingerprint density at radius 1 is 1.43 bits per heavy atom. The molecule has 2 N–H and O–H groups in total.